The lowest BCUT2D eigenvalue weighted by atomic mass is 10.1. The van der Waals surface area contributed by atoms with Gasteiger partial charge in [-0.25, -0.2) is 14.4 Å². The van der Waals surface area contributed by atoms with Crippen molar-refractivity contribution >= 4 is 12.0 Å². The Morgan fingerprint density at radius 1 is 1.19 bits per heavy atom. The highest BCUT2D eigenvalue weighted by Gasteiger charge is 2.55. The Morgan fingerprint density at radius 2 is 1.90 bits per heavy atom. The van der Waals surface area contributed by atoms with Crippen molar-refractivity contribution in [1.29, 1.82) is 0 Å². The number of rotatable bonds is 3. The lowest BCUT2D eigenvalue weighted by Gasteiger charge is -2.23. The van der Waals surface area contributed by atoms with Crippen LogP contribution in [0.15, 0.2) is 36.8 Å². The number of carbonyl (C=O) groups is 1. The van der Waals surface area contributed by atoms with Crippen LogP contribution in [-0.2, 0) is 4.79 Å². The summed E-state index contributed by atoms with van der Waals surface area (Å²) in [5, 5.41) is 0. The van der Waals surface area contributed by atoms with Crippen molar-refractivity contribution in [3.63, 3.8) is 0 Å². The van der Waals surface area contributed by atoms with Crippen LogP contribution in [0.4, 0.5) is 10.1 Å². The minimum atomic E-state index is -0.259. The molecule has 1 aliphatic carbocycles. The molecular formula is C16H14FN3O. The Hall–Kier alpha value is -2.30. The Morgan fingerprint density at radius 3 is 2.57 bits per heavy atom. The van der Waals surface area contributed by atoms with Crippen molar-refractivity contribution in [1.82, 2.24) is 9.97 Å². The van der Waals surface area contributed by atoms with Gasteiger partial charge in [-0.15, -0.1) is 0 Å². The molecule has 5 heteroatoms. The topological polar surface area (TPSA) is 46.1 Å². The van der Waals surface area contributed by atoms with E-state index >= 15 is 0 Å². The highest BCUT2D eigenvalue weighted by atomic mass is 19.1. The third-order valence-electron chi connectivity index (χ3n) is 4.57. The zero-order valence-electron chi connectivity index (χ0n) is 11.3. The van der Waals surface area contributed by atoms with Crippen LogP contribution in [0, 0.1) is 23.6 Å². The zero-order chi connectivity index (χ0) is 14.4. The second kappa shape index (κ2) is 4.62. The van der Waals surface area contributed by atoms with Crippen molar-refractivity contribution in [2.45, 2.75) is 0 Å². The van der Waals surface area contributed by atoms with Gasteiger partial charge in [-0.2, -0.15) is 0 Å². The van der Waals surface area contributed by atoms with E-state index in [1.807, 2.05) is 0 Å². The van der Waals surface area contributed by atoms with Crippen molar-refractivity contribution in [3.8, 4) is 11.3 Å². The number of piperidine rings is 1. The number of anilines is 1. The smallest absolute Gasteiger partial charge is 0.123 e. The maximum absolute atomic E-state index is 13.1. The van der Waals surface area contributed by atoms with E-state index < -0.39 is 0 Å². The molecule has 0 amide bonds. The van der Waals surface area contributed by atoms with Crippen LogP contribution in [0.2, 0.25) is 0 Å². The molecule has 21 heavy (non-hydrogen) atoms. The fourth-order valence-corrected chi connectivity index (χ4v) is 3.35. The van der Waals surface area contributed by atoms with Crippen LogP contribution in [0.5, 0.6) is 0 Å². The number of halogens is 1. The molecule has 1 aliphatic heterocycles. The molecule has 4 nitrogen and oxygen atoms in total. The van der Waals surface area contributed by atoms with Gasteiger partial charge < -0.3 is 9.69 Å². The van der Waals surface area contributed by atoms with E-state index in [9.17, 15) is 9.18 Å². The fourth-order valence-electron chi connectivity index (χ4n) is 3.35. The van der Waals surface area contributed by atoms with Gasteiger partial charge in [0, 0.05) is 24.6 Å². The van der Waals surface area contributed by atoms with Crippen molar-refractivity contribution < 1.29 is 9.18 Å². The van der Waals surface area contributed by atoms with Crippen LogP contribution in [0.3, 0.4) is 0 Å². The van der Waals surface area contributed by atoms with E-state index in [1.165, 1.54) is 18.5 Å². The van der Waals surface area contributed by atoms with Gasteiger partial charge in [0.1, 0.15) is 18.4 Å². The van der Waals surface area contributed by atoms with Crippen LogP contribution in [0.1, 0.15) is 0 Å². The minimum Gasteiger partial charge on any atom is -0.368 e. The van der Waals surface area contributed by atoms with E-state index in [0.29, 0.717) is 11.8 Å². The number of fused-ring (bicyclic) bond motifs is 1. The van der Waals surface area contributed by atoms with E-state index in [-0.39, 0.29) is 11.7 Å². The maximum atomic E-state index is 13.1. The van der Waals surface area contributed by atoms with Crippen molar-refractivity contribution in [2.24, 2.45) is 17.8 Å². The van der Waals surface area contributed by atoms with Gasteiger partial charge in [0.2, 0.25) is 0 Å². The van der Waals surface area contributed by atoms with Crippen LogP contribution >= 0.6 is 0 Å². The predicted octanol–water partition coefficient (Wildman–Crippen LogP) is 2.16. The molecule has 2 aromatic rings. The summed E-state index contributed by atoms with van der Waals surface area (Å²) in [5.74, 6) is 0.929. The number of nitrogens with zero attached hydrogens (tertiary/aromatic N) is 3. The molecule has 0 N–H and O–H groups in total. The quantitative estimate of drug-likeness (QED) is 0.810. The molecule has 1 saturated carbocycles. The molecule has 1 aromatic carbocycles. The summed E-state index contributed by atoms with van der Waals surface area (Å²) < 4.78 is 13.1. The molecule has 2 heterocycles. The molecule has 1 aromatic heterocycles. The molecule has 0 radical (unpaired) electrons. The lowest BCUT2D eigenvalue weighted by molar-refractivity contribution is -0.109. The van der Waals surface area contributed by atoms with E-state index in [4.69, 9.17) is 0 Å². The number of hydrogen-bond acceptors (Lipinski definition) is 4. The molecule has 0 spiro atoms. The molecule has 2 fully saturated rings. The second-order valence-corrected chi connectivity index (χ2v) is 5.71. The van der Waals surface area contributed by atoms with Gasteiger partial charge in [0.05, 0.1) is 17.6 Å². The first-order valence-electron chi connectivity index (χ1n) is 7.04. The Bertz CT molecular complexity index is 676. The molecule has 2 aliphatic rings. The first-order valence-corrected chi connectivity index (χ1v) is 7.04. The third-order valence-corrected chi connectivity index (χ3v) is 4.57. The molecule has 2 unspecified atom stereocenters. The summed E-state index contributed by atoms with van der Waals surface area (Å²) in [7, 11) is 0. The van der Waals surface area contributed by atoms with E-state index in [0.717, 1.165) is 36.3 Å². The molecule has 0 bridgehead atoms. The molecule has 106 valence electrons. The molecule has 4 rings (SSSR count). The van der Waals surface area contributed by atoms with E-state index in [2.05, 4.69) is 14.9 Å². The number of hydrogen-bond donors (Lipinski definition) is 0. The van der Waals surface area contributed by atoms with Gasteiger partial charge in [-0.05, 0) is 36.1 Å². The third kappa shape index (κ3) is 2.00. The summed E-state index contributed by atoms with van der Waals surface area (Å²) in [6.07, 6.45) is 4.38. The largest absolute Gasteiger partial charge is 0.368 e. The van der Waals surface area contributed by atoms with Crippen LogP contribution < -0.4 is 4.90 Å². The first kappa shape index (κ1) is 12.4. The maximum Gasteiger partial charge on any atom is 0.123 e. The summed E-state index contributed by atoms with van der Waals surface area (Å²) in [5.41, 5.74) is 2.65. The monoisotopic (exact) mass is 283 g/mol. The molecular weight excluding hydrogens is 269 g/mol. The van der Waals surface area contributed by atoms with Gasteiger partial charge in [0.25, 0.3) is 0 Å². The predicted molar refractivity (Wildman–Crippen MR) is 76.2 cm³/mol. The normalized spacial score (nSPS) is 26.5. The zero-order valence-corrected chi connectivity index (χ0v) is 11.3. The van der Waals surface area contributed by atoms with Gasteiger partial charge >= 0.3 is 0 Å². The number of carbonyl (C=O) groups excluding carboxylic acids is 1. The average Bonchev–Trinajstić information content (AvgIpc) is 2.99. The average molecular weight is 283 g/mol. The fraction of sp³-hybridized carbons (Fsp3) is 0.312. The lowest BCUT2D eigenvalue weighted by Crippen LogP contribution is -2.25. The summed E-state index contributed by atoms with van der Waals surface area (Å²) in [4.78, 5) is 21.6. The van der Waals surface area contributed by atoms with Crippen molar-refractivity contribution in [3.05, 3.63) is 42.6 Å². The summed E-state index contributed by atoms with van der Waals surface area (Å²) >= 11 is 0. The van der Waals surface area contributed by atoms with E-state index in [1.54, 1.807) is 18.3 Å². The van der Waals surface area contributed by atoms with Gasteiger partial charge in [-0.1, -0.05) is 0 Å². The number of aromatic nitrogens is 2. The molecule has 2 atom stereocenters. The Kier molecular flexibility index (Phi) is 2.74. The first-order chi connectivity index (χ1) is 10.3. The Balaban J connectivity index is 1.65. The minimum absolute atomic E-state index is 0.236. The van der Waals surface area contributed by atoms with Crippen molar-refractivity contribution in [2.75, 3.05) is 18.0 Å². The second-order valence-electron chi connectivity index (χ2n) is 5.71. The summed E-state index contributed by atoms with van der Waals surface area (Å²) in [6, 6.07) is 6.33. The molecule has 1 saturated heterocycles. The number of benzene rings is 1. The van der Waals surface area contributed by atoms with Gasteiger partial charge in [-0.3, -0.25) is 0 Å². The standard InChI is InChI=1S/C16H14FN3O/c17-11-3-1-10(2-4-11)16-15(5-18-9-19-16)20-6-12-13(7-20)14(12)8-21/h1-5,8-9,12-14H,6-7H2. The highest BCUT2D eigenvalue weighted by molar-refractivity contribution is 5.75. The highest BCUT2D eigenvalue weighted by Crippen LogP contribution is 2.51. The summed E-state index contributed by atoms with van der Waals surface area (Å²) in [6.45, 7) is 1.74. The van der Waals surface area contributed by atoms with Gasteiger partial charge in [0.15, 0.2) is 0 Å². The SMILES string of the molecule is O=CC1C2CN(c3cncnc3-c3ccc(F)cc3)CC12. The number of aldehydes is 1. The van der Waals surface area contributed by atoms with Crippen LogP contribution in [-0.4, -0.2) is 29.3 Å². The van der Waals surface area contributed by atoms with Crippen LogP contribution in [0.25, 0.3) is 11.3 Å². The Labute approximate surface area is 121 Å².